The fourth-order valence-electron chi connectivity index (χ4n) is 0.900. The highest BCUT2D eigenvalue weighted by Crippen LogP contribution is 2.05. The highest BCUT2D eigenvalue weighted by atomic mass is 14.8. The van der Waals surface area contributed by atoms with Crippen molar-refractivity contribution in [3.05, 3.63) is 54.3 Å². The molecular weight excluding hydrogens is 158 g/mol. The maximum Gasteiger partial charge on any atom is 0.0379 e. The van der Waals surface area contributed by atoms with Crippen molar-refractivity contribution in [2.75, 3.05) is 5.32 Å². The van der Waals surface area contributed by atoms with E-state index >= 15 is 0 Å². The van der Waals surface area contributed by atoms with Gasteiger partial charge in [0.15, 0.2) is 0 Å². The number of hydrogen-bond donors (Lipinski definition) is 1. The summed E-state index contributed by atoms with van der Waals surface area (Å²) in [6.07, 6.45) is 6.07. The zero-order valence-corrected chi connectivity index (χ0v) is 8.12. The molecule has 1 aromatic carbocycles. The summed E-state index contributed by atoms with van der Waals surface area (Å²) in [6.45, 7) is 4.10. The summed E-state index contributed by atoms with van der Waals surface area (Å²) < 4.78 is 0. The zero-order chi connectivity index (χ0) is 9.52. The molecular formula is C12H15N. The van der Waals surface area contributed by atoms with Gasteiger partial charge in [-0.2, -0.15) is 0 Å². The maximum atomic E-state index is 3.19. The summed E-state index contributed by atoms with van der Waals surface area (Å²) in [7, 11) is 0. The van der Waals surface area contributed by atoms with E-state index in [0.29, 0.717) is 0 Å². The van der Waals surface area contributed by atoms with Gasteiger partial charge in [0.1, 0.15) is 0 Å². The van der Waals surface area contributed by atoms with Crippen molar-refractivity contribution in [2.24, 2.45) is 0 Å². The number of anilines is 1. The molecule has 0 fully saturated rings. The van der Waals surface area contributed by atoms with E-state index in [4.69, 9.17) is 0 Å². The van der Waals surface area contributed by atoms with Gasteiger partial charge in [0.05, 0.1) is 0 Å². The fraction of sp³-hybridized carbons (Fsp3) is 0.167. The summed E-state index contributed by atoms with van der Waals surface area (Å²) in [5.41, 5.74) is 2.37. The maximum absolute atomic E-state index is 3.19. The topological polar surface area (TPSA) is 12.0 Å². The van der Waals surface area contributed by atoms with Crippen molar-refractivity contribution in [1.82, 2.24) is 0 Å². The molecule has 1 heteroatoms. The third-order valence-corrected chi connectivity index (χ3v) is 1.83. The third-order valence-electron chi connectivity index (χ3n) is 1.83. The van der Waals surface area contributed by atoms with Gasteiger partial charge < -0.3 is 5.32 Å². The molecule has 0 saturated heterocycles. The normalized spacial score (nSPS) is 12.0. The van der Waals surface area contributed by atoms with Crippen molar-refractivity contribution >= 4 is 5.69 Å². The van der Waals surface area contributed by atoms with Gasteiger partial charge in [-0.05, 0) is 32.1 Å². The Morgan fingerprint density at radius 1 is 1.23 bits per heavy atom. The molecule has 0 bridgehead atoms. The standard InChI is InChI=1S/C12H15N/c1-3-11(2)9-10-13-12-7-5-4-6-8-12/h3-10,13H,1-2H3/b10-9-,11-3+. The van der Waals surface area contributed by atoms with Crippen LogP contribution in [0.5, 0.6) is 0 Å². The van der Waals surface area contributed by atoms with Crippen molar-refractivity contribution in [3.63, 3.8) is 0 Å². The third kappa shape index (κ3) is 3.61. The van der Waals surface area contributed by atoms with Crippen molar-refractivity contribution in [3.8, 4) is 0 Å². The first-order valence-corrected chi connectivity index (χ1v) is 4.44. The lowest BCUT2D eigenvalue weighted by Crippen LogP contribution is -1.85. The van der Waals surface area contributed by atoms with E-state index in [9.17, 15) is 0 Å². The molecule has 1 aromatic rings. The zero-order valence-electron chi connectivity index (χ0n) is 8.12. The molecule has 0 spiro atoms. The SMILES string of the molecule is C/C=C(C)/C=C\Nc1ccccc1. The summed E-state index contributed by atoms with van der Waals surface area (Å²) in [5.74, 6) is 0. The molecule has 1 nitrogen and oxygen atoms in total. The second-order valence-electron chi connectivity index (χ2n) is 2.88. The van der Waals surface area contributed by atoms with E-state index in [1.54, 1.807) is 0 Å². The summed E-state index contributed by atoms with van der Waals surface area (Å²) >= 11 is 0. The van der Waals surface area contributed by atoms with Crippen LogP contribution in [0.1, 0.15) is 13.8 Å². The first-order chi connectivity index (χ1) is 6.33. The molecule has 0 amide bonds. The highest BCUT2D eigenvalue weighted by molar-refractivity contribution is 5.45. The Morgan fingerprint density at radius 3 is 2.54 bits per heavy atom. The van der Waals surface area contributed by atoms with Crippen LogP contribution in [0, 0.1) is 0 Å². The van der Waals surface area contributed by atoms with Crippen LogP contribution in [0.3, 0.4) is 0 Å². The van der Waals surface area contributed by atoms with Crippen molar-refractivity contribution < 1.29 is 0 Å². The van der Waals surface area contributed by atoms with E-state index in [2.05, 4.69) is 18.3 Å². The molecule has 68 valence electrons. The first kappa shape index (κ1) is 9.59. The Bertz CT molecular complexity index is 296. The molecule has 0 aliphatic rings. The average molecular weight is 173 g/mol. The Morgan fingerprint density at radius 2 is 1.92 bits per heavy atom. The van der Waals surface area contributed by atoms with Gasteiger partial charge in [-0.3, -0.25) is 0 Å². The average Bonchev–Trinajstić information content (AvgIpc) is 2.19. The van der Waals surface area contributed by atoms with E-state index in [0.717, 1.165) is 5.69 Å². The first-order valence-electron chi connectivity index (χ1n) is 4.44. The minimum absolute atomic E-state index is 1.11. The van der Waals surface area contributed by atoms with Gasteiger partial charge in [0.2, 0.25) is 0 Å². The van der Waals surface area contributed by atoms with Crippen LogP contribution in [0.15, 0.2) is 54.3 Å². The lowest BCUT2D eigenvalue weighted by molar-refractivity contribution is 1.46. The summed E-state index contributed by atoms with van der Waals surface area (Å²) in [4.78, 5) is 0. The van der Waals surface area contributed by atoms with E-state index in [-0.39, 0.29) is 0 Å². The van der Waals surface area contributed by atoms with Crippen LogP contribution in [0.4, 0.5) is 5.69 Å². The molecule has 0 radical (unpaired) electrons. The molecule has 0 aromatic heterocycles. The number of hydrogen-bond acceptors (Lipinski definition) is 1. The second kappa shape index (κ2) is 5.20. The number of allylic oxidation sites excluding steroid dienone is 3. The lowest BCUT2D eigenvalue weighted by Gasteiger charge is -1.98. The van der Waals surface area contributed by atoms with Gasteiger partial charge >= 0.3 is 0 Å². The van der Waals surface area contributed by atoms with Crippen molar-refractivity contribution in [1.29, 1.82) is 0 Å². The molecule has 0 atom stereocenters. The van der Waals surface area contributed by atoms with Crippen LogP contribution in [-0.2, 0) is 0 Å². The van der Waals surface area contributed by atoms with Crippen LogP contribution < -0.4 is 5.32 Å². The number of benzene rings is 1. The predicted octanol–water partition coefficient (Wildman–Crippen LogP) is 3.58. The van der Waals surface area contributed by atoms with Crippen LogP contribution in [0.2, 0.25) is 0 Å². The fourth-order valence-corrected chi connectivity index (χ4v) is 0.900. The monoisotopic (exact) mass is 173 g/mol. The molecule has 0 saturated carbocycles. The summed E-state index contributed by atoms with van der Waals surface area (Å²) in [6, 6.07) is 10.1. The number of para-hydroxylation sites is 1. The van der Waals surface area contributed by atoms with E-state index in [1.807, 2.05) is 49.5 Å². The molecule has 13 heavy (non-hydrogen) atoms. The summed E-state index contributed by atoms with van der Waals surface area (Å²) in [5, 5.41) is 3.19. The largest absolute Gasteiger partial charge is 0.362 e. The molecule has 0 aliphatic heterocycles. The smallest absolute Gasteiger partial charge is 0.0379 e. The van der Waals surface area contributed by atoms with Gasteiger partial charge in [0.25, 0.3) is 0 Å². The minimum atomic E-state index is 1.11. The van der Waals surface area contributed by atoms with Crippen LogP contribution >= 0.6 is 0 Å². The highest BCUT2D eigenvalue weighted by Gasteiger charge is 1.82. The Hall–Kier alpha value is -1.50. The molecule has 0 aliphatic carbocycles. The molecule has 0 heterocycles. The Balaban J connectivity index is 2.48. The number of rotatable bonds is 3. The quantitative estimate of drug-likeness (QED) is 0.689. The Kier molecular flexibility index (Phi) is 3.83. The number of nitrogens with one attached hydrogen (secondary N) is 1. The predicted molar refractivity (Wildman–Crippen MR) is 58.6 cm³/mol. The lowest BCUT2D eigenvalue weighted by atomic mass is 10.3. The molecule has 0 unspecified atom stereocenters. The molecule has 1 N–H and O–H groups in total. The van der Waals surface area contributed by atoms with Crippen molar-refractivity contribution in [2.45, 2.75) is 13.8 Å². The van der Waals surface area contributed by atoms with Gasteiger partial charge in [-0.25, -0.2) is 0 Å². The van der Waals surface area contributed by atoms with Crippen LogP contribution in [-0.4, -0.2) is 0 Å². The minimum Gasteiger partial charge on any atom is -0.362 e. The van der Waals surface area contributed by atoms with Crippen LogP contribution in [0.25, 0.3) is 0 Å². The van der Waals surface area contributed by atoms with Gasteiger partial charge in [-0.1, -0.05) is 29.8 Å². The van der Waals surface area contributed by atoms with Gasteiger partial charge in [0, 0.05) is 11.9 Å². The van der Waals surface area contributed by atoms with E-state index in [1.165, 1.54) is 5.57 Å². The second-order valence-corrected chi connectivity index (χ2v) is 2.88. The van der Waals surface area contributed by atoms with E-state index < -0.39 is 0 Å². The van der Waals surface area contributed by atoms with Gasteiger partial charge in [-0.15, -0.1) is 0 Å². The molecule has 1 rings (SSSR count). The Labute approximate surface area is 79.8 Å².